The van der Waals surface area contributed by atoms with Crippen molar-refractivity contribution in [3.05, 3.63) is 30.3 Å². The van der Waals surface area contributed by atoms with Gasteiger partial charge in [0.1, 0.15) is 5.75 Å². The van der Waals surface area contributed by atoms with Crippen molar-refractivity contribution >= 4 is 26.6 Å². The fourth-order valence-corrected chi connectivity index (χ4v) is 2.15. The molecule has 2 aromatic rings. The first kappa shape index (κ1) is 11.7. The van der Waals surface area contributed by atoms with Gasteiger partial charge in [-0.05, 0) is 23.6 Å². The first-order chi connectivity index (χ1) is 7.91. The van der Waals surface area contributed by atoms with E-state index in [1.807, 2.05) is 0 Å². The molecule has 0 saturated heterocycles. The molecule has 5 nitrogen and oxygen atoms in total. The van der Waals surface area contributed by atoms with E-state index in [4.69, 9.17) is 4.55 Å². The normalized spacial score (nSPS) is 11.6. The van der Waals surface area contributed by atoms with Crippen LogP contribution in [0.2, 0.25) is 0 Å². The summed E-state index contributed by atoms with van der Waals surface area (Å²) in [5.74, 6) is -0.188. The molecule has 0 heterocycles. The molecule has 0 aliphatic heterocycles. The van der Waals surface area contributed by atoms with Crippen LogP contribution in [0.4, 0.5) is 5.69 Å². The lowest BCUT2D eigenvalue weighted by Crippen LogP contribution is -1.98. The third-order valence-corrected chi connectivity index (χ3v) is 3.32. The molecule has 0 aliphatic rings. The molecule has 2 aromatic carbocycles. The van der Waals surface area contributed by atoms with E-state index in [-0.39, 0.29) is 10.6 Å². The molecule has 0 bridgehead atoms. The van der Waals surface area contributed by atoms with Gasteiger partial charge >= 0.3 is 0 Å². The smallest absolute Gasteiger partial charge is 0.294 e. The number of phenols is 1. The van der Waals surface area contributed by atoms with Gasteiger partial charge in [-0.25, -0.2) is 0 Å². The maximum Gasteiger partial charge on any atom is 0.294 e. The van der Waals surface area contributed by atoms with Crippen LogP contribution in [0.3, 0.4) is 0 Å². The molecule has 2 rings (SSSR count). The fourth-order valence-electron chi connectivity index (χ4n) is 1.62. The number of fused-ring (bicyclic) bond motifs is 1. The summed E-state index contributed by atoms with van der Waals surface area (Å²) in [6.45, 7) is 0. The number of nitrogens with one attached hydrogen (secondary N) is 1. The van der Waals surface area contributed by atoms with Crippen molar-refractivity contribution in [2.45, 2.75) is 4.90 Å². The predicted octanol–water partition coefficient (Wildman–Crippen LogP) is 1.83. The van der Waals surface area contributed by atoms with Gasteiger partial charge < -0.3 is 10.4 Å². The van der Waals surface area contributed by atoms with Crippen molar-refractivity contribution in [3.63, 3.8) is 0 Å². The zero-order valence-corrected chi connectivity index (χ0v) is 9.82. The van der Waals surface area contributed by atoms with Crippen molar-refractivity contribution in [2.75, 3.05) is 12.4 Å². The van der Waals surface area contributed by atoms with Crippen molar-refractivity contribution in [3.8, 4) is 5.75 Å². The Kier molecular flexibility index (Phi) is 2.68. The summed E-state index contributed by atoms with van der Waals surface area (Å²) in [6.07, 6.45) is 0. The van der Waals surface area contributed by atoms with E-state index in [0.29, 0.717) is 10.8 Å². The van der Waals surface area contributed by atoms with Gasteiger partial charge in [-0.2, -0.15) is 8.42 Å². The monoisotopic (exact) mass is 253 g/mol. The van der Waals surface area contributed by atoms with Gasteiger partial charge in [0.15, 0.2) is 0 Å². The van der Waals surface area contributed by atoms with Gasteiger partial charge in [-0.1, -0.05) is 6.07 Å². The number of aromatic hydroxyl groups is 1. The van der Waals surface area contributed by atoms with Gasteiger partial charge in [0, 0.05) is 24.2 Å². The Morgan fingerprint density at radius 1 is 1.18 bits per heavy atom. The van der Waals surface area contributed by atoms with E-state index in [2.05, 4.69) is 5.32 Å². The maximum atomic E-state index is 11.0. The largest absolute Gasteiger partial charge is 0.507 e. The van der Waals surface area contributed by atoms with E-state index < -0.39 is 10.1 Å². The Morgan fingerprint density at radius 2 is 1.88 bits per heavy atom. The molecule has 0 saturated carbocycles. The van der Waals surface area contributed by atoms with Gasteiger partial charge in [0.25, 0.3) is 10.1 Å². The second-order valence-electron chi connectivity index (χ2n) is 3.60. The summed E-state index contributed by atoms with van der Waals surface area (Å²) >= 11 is 0. The summed E-state index contributed by atoms with van der Waals surface area (Å²) in [4.78, 5) is -0.320. The van der Waals surface area contributed by atoms with Crippen LogP contribution >= 0.6 is 0 Å². The highest BCUT2D eigenvalue weighted by molar-refractivity contribution is 7.85. The topological polar surface area (TPSA) is 86.6 Å². The molecule has 0 spiro atoms. The van der Waals surface area contributed by atoms with Crippen LogP contribution in [0.1, 0.15) is 0 Å². The second-order valence-corrected chi connectivity index (χ2v) is 5.02. The van der Waals surface area contributed by atoms with Crippen molar-refractivity contribution in [1.82, 2.24) is 0 Å². The Bertz CT molecular complexity index is 679. The fraction of sp³-hybridized carbons (Fsp3) is 0.0909. The first-order valence-electron chi connectivity index (χ1n) is 4.84. The summed E-state index contributed by atoms with van der Waals surface area (Å²) < 4.78 is 30.9. The standard InChI is InChI=1S/C11H11NO4S/c1-12-8-3-2-7-4-9(17(14,15)16)6-11(13)10(7)5-8/h2-6,12-13H,1H3,(H,14,15,16). The molecule has 0 fully saturated rings. The molecule has 0 atom stereocenters. The van der Waals surface area contributed by atoms with Crippen LogP contribution in [0.5, 0.6) is 5.75 Å². The minimum atomic E-state index is -4.31. The molecule has 0 aromatic heterocycles. The minimum absolute atomic E-state index is 0.188. The van der Waals surface area contributed by atoms with Crippen molar-refractivity contribution < 1.29 is 18.1 Å². The molecular weight excluding hydrogens is 242 g/mol. The lowest BCUT2D eigenvalue weighted by Gasteiger charge is -2.06. The third-order valence-electron chi connectivity index (χ3n) is 2.49. The van der Waals surface area contributed by atoms with Crippen LogP contribution in [0.15, 0.2) is 35.2 Å². The van der Waals surface area contributed by atoms with Crippen LogP contribution in [-0.2, 0) is 10.1 Å². The Labute approximate surface area is 98.5 Å². The Morgan fingerprint density at radius 3 is 2.47 bits per heavy atom. The van der Waals surface area contributed by atoms with Crippen LogP contribution in [0.25, 0.3) is 10.8 Å². The number of rotatable bonds is 2. The molecule has 0 aliphatic carbocycles. The summed E-state index contributed by atoms with van der Waals surface area (Å²) in [6, 6.07) is 7.44. The predicted molar refractivity (Wildman–Crippen MR) is 65.0 cm³/mol. The van der Waals surface area contributed by atoms with Crippen LogP contribution < -0.4 is 5.32 Å². The molecule has 0 radical (unpaired) electrons. The van der Waals surface area contributed by atoms with Crippen LogP contribution in [-0.4, -0.2) is 25.1 Å². The van der Waals surface area contributed by atoms with Gasteiger partial charge in [0.2, 0.25) is 0 Å². The third kappa shape index (κ3) is 2.17. The van der Waals surface area contributed by atoms with Gasteiger partial charge in [-0.3, -0.25) is 4.55 Å². The first-order valence-corrected chi connectivity index (χ1v) is 6.28. The molecule has 0 unspecified atom stereocenters. The van der Waals surface area contributed by atoms with Gasteiger partial charge in [-0.15, -0.1) is 0 Å². The van der Waals surface area contributed by atoms with E-state index in [0.717, 1.165) is 11.8 Å². The zero-order chi connectivity index (χ0) is 12.6. The highest BCUT2D eigenvalue weighted by atomic mass is 32.2. The number of hydrogen-bond acceptors (Lipinski definition) is 4. The number of phenolic OH excluding ortho intramolecular Hbond substituents is 1. The van der Waals surface area contributed by atoms with Gasteiger partial charge in [0.05, 0.1) is 4.90 Å². The number of hydrogen-bond donors (Lipinski definition) is 3. The highest BCUT2D eigenvalue weighted by Crippen LogP contribution is 2.30. The maximum absolute atomic E-state index is 11.0. The van der Waals surface area contributed by atoms with Crippen molar-refractivity contribution in [1.29, 1.82) is 0 Å². The Balaban J connectivity index is 2.76. The summed E-state index contributed by atoms with van der Waals surface area (Å²) in [7, 11) is -2.57. The lowest BCUT2D eigenvalue weighted by atomic mass is 10.1. The molecule has 3 N–H and O–H groups in total. The van der Waals surface area contributed by atoms with Crippen LogP contribution in [0, 0.1) is 0 Å². The lowest BCUT2D eigenvalue weighted by molar-refractivity contribution is 0.471. The number of anilines is 1. The quantitative estimate of drug-likeness (QED) is 0.711. The molecule has 6 heteroatoms. The molecular formula is C11H11NO4S. The minimum Gasteiger partial charge on any atom is -0.507 e. The van der Waals surface area contributed by atoms with E-state index in [9.17, 15) is 13.5 Å². The summed E-state index contributed by atoms with van der Waals surface area (Å²) in [5, 5.41) is 13.7. The number of benzene rings is 2. The zero-order valence-electron chi connectivity index (χ0n) is 9.01. The molecule has 90 valence electrons. The van der Waals surface area contributed by atoms with Crippen molar-refractivity contribution in [2.24, 2.45) is 0 Å². The molecule has 17 heavy (non-hydrogen) atoms. The van der Waals surface area contributed by atoms with E-state index >= 15 is 0 Å². The molecule has 0 amide bonds. The second kappa shape index (κ2) is 3.90. The highest BCUT2D eigenvalue weighted by Gasteiger charge is 2.13. The average molecular weight is 253 g/mol. The summed E-state index contributed by atoms with van der Waals surface area (Å²) in [5.41, 5.74) is 0.799. The SMILES string of the molecule is CNc1ccc2cc(S(=O)(=O)O)cc(O)c2c1. The Hall–Kier alpha value is -1.79. The average Bonchev–Trinajstić information content (AvgIpc) is 2.27. The van der Waals surface area contributed by atoms with E-state index in [1.165, 1.54) is 6.07 Å². The van der Waals surface area contributed by atoms with E-state index in [1.54, 1.807) is 25.2 Å².